The van der Waals surface area contributed by atoms with Gasteiger partial charge in [-0.3, -0.25) is 0 Å². The molecular weight excluding hydrogens is 246 g/mol. The number of hydrogen-bond acceptors (Lipinski definition) is 4. The molecule has 1 aromatic carbocycles. The van der Waals surface area contributed by atoms with Gasteiger partial charge in [0.05, 0.1) is 19.9 Å². The number of carboxylic acid groups (broad SMARTS) is 1. The van der Waals surface area contributed by atoms with E-state index in [4.69, 9.17) is 9.47 Å². The molecule has 0 amide bonds. The molecule has 0 unspecified atom stereocenters. The zero-order valence-electron chi connectivity index (χ0n) is 11.8. The smallest absolute Gasteiger partial charge is 0.326 e. The Hall–Kier alpha value is -1.91. The van der Waals surface area contributed by atoms with E-state index >= 15 is 0 Å². The van der Waals surface area contributed by atoms with Gasteiger partial charge in [0, 0.05) is 12.6 Å². The molecule has 0 aromatic heterocycles. The number of likely N-dealkylation sites (N-methyl/N-ethyl adjacent to an activating group) is 1. The Bertz CT molecular complexity index is 433. The summed E-state index contributed by atoms with van der Waals surface area (Å²) in [5.41, 5.74) is 0.764. The monoisotopic (exact) mass is 267 g/mol. The molecule has 1 aromatic rings. The standard InChI is InChI=1S/C14H21NO4/c1-5-11(14(16)17)15(6-2)12-8-7-10(18-3)9-13(12)19-4/h7-9,11H,5-6H2,1-4H3,(H,16,17)/t11-/m1/s1. The van der Waals surface area contributed by atoms with Crippen molar-refractivity contribution in [1.29, 1.82) is 0 Å². The van der Waals surface area contributed by atoms with Gasteiger partial charge in [0.25, 0.3) is 0 Å². The number of ether oxygens (including phenoxy) is 2. The second kappa shape index (κ2) is 6.87. The van der Waals surface area contributed by atoms with E-state index in [9.17, 15) is 9.90 Å². The van der Waals surface area contributed by atoms with E-state index in [-0.39, 0.29) is 0 Å². The first-order valence-electron chi connectivity index (χ1n) is 6.30. The first kappa shape index (κ1) is 15.1. The first-order chi connectivity index (χ1) is 9.08. The molecule has 5 nitrogen and oxygen atoms in total. The van der Waals surface area contributed by atoms with Gasteiger partial charge in [-0.2, -0.15) is 0 Å². The van der Waals surface area contributed by atoms with Gasteiger partial charge in [-0.15, -0.1) is 0 Å². The lowest BCUT2D eigenvalue weighted by Gasteiger charge is -2.30. The van der Waals surface area contributed by atoms with Crippen LogP contribution in [-0.4, -0.2) is 37.9 Å². The Kier molecular flexibility index (Phi) is 5.48. The predicted molar refractivity (Wildman–Crippen MR) is 74.3 cm³/mol. The van der Waals surface area contributed by atoms with E-state index in [1.54, 1.807) is 26.4 Å². The molecule has 0 radical (unpaired) electrons. The van der Waals surface area contributed by atoms with Crippen molar-refractivity contribution < 1.29 is 19.4 Å². The SMILES string of the molecule is CC[C@H](C(=O)O)N(CC)c1ccc(OC)cc1OC. The molecule has 19 heavy (non-hydrogen) atoms. The lowest BCUT2D eigenvalue weighted by Crippen LogP contribution is -2.41. The number of rotatable bonds is 7. The highest BCUT2D eigenvalue weighted by Crippen LogP contribution is 2.33. The lowest BCUT2D eigenvalue weighted by atomic mass is 10.1. The van der Waals surface area contributed by atoms with E-state index in [1.807, 2.05) is 24.8 Å². The fraction of sp³-hybridized carbons (Fsp3) is 0.500. The van der Waals surface area contributed by atoms with Gasteiger partial charge in [0.15, 0.2) is 0 Å². The van der Waals surface area contributed by atoms with Crippen LogP contribution in [0.4, 0.5) is 5.69 Å². The largest absolute Gasteiger partial charge is 0.497 e. The molecule has 1 rings (SSSR count). The summed E-state index contributed by atoms with van der Waals surface area (Å²) in [5, 5.41) is 9.29. The molecule has 0 aliphatic carbocycles. The van der Waals surface area contributed by atoms with E-state index in [0.717, 1.165) is 5.69 Å². The summed E-state index contributed by atoms with van der Waals surface area (Å²) in [6, 6.07) is 4.82. The molecule has 0 spiro atoms. The Morgan fingerprint density at radius 1 is 1.32 bits per heavy atom. The minimum atomic E-state index is -0.831. The van der Waals surface area contributed by atoms with Crippen LogP contribution in [0.25, 0.3) is 0 Å². The summed E-state index contributed by atoms with van der Waals surface area (Å²) in [6.07, 6.45) is 0.526. The van der Waals surface area contributed by atoms with Gasteiger partial charge in [-0.25, -0.2) is 4.79 Å². The summed E-state index contributed by atoms with van der Waals surface area (Å²) in [7, 11) is 3.14. The van der Waals surface area contributed by atoms with Crippen molar-refractivity contribution in [1.82, 2.24) is 0 Å². The molecule has 0 bridgehead atoms. The number of benzene rings is 1. The number of carbonyl (C=O) groups is 1. The lowest BCUT2D eigenvalue weighted by molar-refractivity contribution is -0.138. The minimum absolute atomic E-state index is 0.526. The maximum absolute atomic E-state index is 11.3. The quantitative estimate of drug-likeness (QED) is 0.822. The van der Waals surface area contributed by atoms with Crippen molar-refractivity contribution in [2.24, 2.45) is 0 Å². The van der Waals surface area contributed by atoms with Crippen molar-refractivity contribution in [3.8, 4) is 11.5 Å². The van der Waals surface area contributed by atoms with E-state index in [1.165, 1.54) is 0 Å². The Balaban J connectivity index is 3.20. The maximum Gasteiger partial charge on any atom is 0.326 e. The number of hydrogen-bond donors (Lipinski definition) is 1. The summed E-state index contributed by atoms with van der Waals surface area (Å²) < 4.78 is 10.5. The molecule has 0 aliphatic heterocycles. The molecular formula is C14H21NO4. The number of aliphatic carboxylic acids is 1. The van der Waals surface area contributed by atoms with Crippen LogP contribution in [0.5, 0.6) is 11.5 Å². The molecule has 0 heterocycles. The van der Waals surface area contributed by atoms with Crippen molar-refractivity contribution in [2.75, 3.05) is 25.7 Å². The van der Waals surface area contributed by atoms with Crippen molar-refractivity contribution in [2.45, 2.75) is 26.3 Å². The van der Waals surface area contributed by atoms with Crippen molar-refractivity contribution >= 4 is 11.7 Å². The molecule has 106 valence electrons. The summed E-state index contributed by atoms with van der Waals surface area (Å²) in [4.78, 5) is 13.1. The molecule has 5 heteroatoms. The van der Waals surface area contributed by atoms with Crippen LogP contribution >= 0.6 is 0 Å². The molecule has 0 fully saturated rings. The summed E-state index contributed by atoms with van der Waals surface area (Å²) >= 11 is 0. The van der Waals surface area contributed by atoms with Gasteiger partial charge >= 0.3 is 5.97 Å². The highest BCUT2D eigenvalue weighted by atomic mass is 16.5. The van der Waals surface area contributed by atoms with Crippen LogP contribution in [0, 0.1) is 0 Å². The summed E-state index contributed by atoms with van der Waals surface area (Å²) in [6.45, 7) is 4.38. The average molecular weight is 267 g/mol. The van der Waals surface area contributed by atoms with Crippen LogP contribution in [-0.2, 0) is 4.79 Å². The third-order valence-corrected chi connectivity index (χ3v) is 3.08. The average Bonchev–Trinajstić information content (AvgIpc) is 2.43. The highest BCUT2D eigenvalue weighted by molar-refractivity contribution is 5.79. The zero-order valence-corrected chi connectivity index (χ0v) is 11.8. The number of anilines is 1. The normalized spacial score (nSPS) is 11.8. The van der Waals surface area contributed by atoms with Crippen LogP contribution in [0.3, 0.4) is 0 Å². The van der Waals surface area contributed by atoms with Gasteiger partial charge in [-0.05, 0) is 25.5 Å². The highest BCUT2D eigenvalue weighted by Gasteiger charge is 2.25. The van der Waals surface area contributed by atoms with Gasteiger partial charge in [0.2, 0.25) is 0 Å². The van der Waals surface area contributed by atoms with Crippen LogP contribution in [0.1, 0.15) is 20.3 Å². The molecule has 0 aliphatic rings. The van der Waals surface area contributed by atoms with E-state index in [2.05, 4.69) is 0 Å². The second-order valence-corrected chi connectivity index (χ2v) is 4.09. The molecule has 0 saturated carbocycles. The Morgan fingerprint density at radius 2 is 2.00 bits per heavy atom. The van der Waals surface area contributed by atoms with Crippen LogP contribution < -0.4 is 14.4 Å². The topological polar surface area (TPSA) is 59.0 Å². The van der Waals surface area contributed by atoms with E-state index in [0.29, 0.717) is 24.5 Å². The van der Waals surface area contributed by atoms with Gasteiger partial charge < -0.3 is 19.5 Å². The minimum Gasteiger partial charge on any atom is -0.497 e. The van der Waals surface area contributed by atoms with Crippen LogP contribution in [0.2, 0.25) is 0 Å². The third kappa shape index (κ3) is 3.30. The molecule has 1 atom stereocenters. The third-order valence-electron chi connectivity index (χ3n) is 3.08. The Labute approximate surface area is 113 Å². The van der Waals surface area contributed by atoms with Crippen molar-refractivity contribution in [3.05, 3.63) is 18.2 Å². The molecule has 1 N–H and O–H groups in total. The predicted octanol–water partition coefficient (Wildman–Crippen LogP) is 2.39. The van der Waals surface area contributed by atoms with Crippen LogP contribution in [0.15, 0.2) is 18.2 Å². The number of methoxy groups -OCH3 is 2. The van der Waals surface area contributed by atoms with E-state index < -0.39 is 12.0 Å². The zero-order chi connectivity index (χ0) is 14.4. The maximum atomic E-state index is 11.3. The van der Waals surface area contributed by atoms with Gasteiger partial charge in [0.1, 0.15) is 17.5 Å². The fourth-order valence-corrected chi connectivity index (χ4v) is 2.11. The summed E-state index contributed by atoms with van der Waals surface area (Å²) in [5.74, 6) is 0.461. The fourth-order valence-electron chi connectivity index (χ4n) is 2.11. The number of nitrogens with zero attached hydrogens (tertiary/aromatic N) is 1. The first-order valence-corrected chi connectivity index (χ1v) is 6.30. The number of carboxylic acids is 1. The second-order valence-electron chi connectivity index (χ2n) is 4.09. The van der Waals surface area contributed by atoms with Crippen molar-refractivity contribution in [3.63, 3.8) is 0 Å². The Morgan fingerprint density at radius 3 is 2.42 bits per heavy atom. The van der Waals surface area contributed by atoms with Gasteiger partial charge in [-0.1, -0.05) is 6.92 Å². The molecule has 0 saturated heterocycles.